The Morgan fingerprint density at radius 3 is 2.08 bits per heavy atom. The summed E-state index contributed by atoms with van der Waals surface area (Å²) in [6.45, 7) is 0. The van der Waals surface area contributed by atoms with Gasteiger partial charge in [-0.05, 0) is 25.7 Å². The lowest BCUT2D eigenvalue weighted by atomic mass is 10.1. The average molecular weight is 181 g/mol. The number of carbonyl (C=O) groups is 1. The van der Waals surface area contributed by atoms with Gasteiger partial charge in [0, 0.05) is 12.0 Å². The molecular formula is C11H19NO. The van der Waals surface area contributed by atoms with Gasteiger partial charge in [-0.1, -0.05) is 25.7 Å². The number of carbonyl (C=O) groups excluding carboxylic acids is 1. The molecule has 2 aliphatic rings. The maximum absolute atomic E-state index is 11.5. The van der Waals surface area contributed by atoms with Gasteiger partial charge in [-0.3, -0.25) is 4.79 Å². The third-order valence-electron chi connectivity index (χ3n) is 3.15. The van der Waals surface area contributed by atoms with E-state index in [2.05, 4.69) is 5.32 Å². The van der Waals surface area contributed by atoms with Crippen molar-refractivity contribution in [3.05, 3.63) is 0 Å². The number of nitrogens with one attached hydrogen (secondary N) is 1. The van der Waals surface area contributed by atoms with Crippen LogP contribution in [0, 0.1) is 5.92 Å². The Kier molecular flexibility index (Phi) is 2.87. The zero-order valence-corrected chi connectivity index (χ0v) is 8.22. The molecule has 2 heteroatoms. The fraction of sp³-hybridized carbons (Fsp3) is 0.909. The van der Waals surface area contributed by atoms with Crippen LogP contribution >= 0.6 is 0 Å². The highest BCUT2D eigenvalue weighted by Crippen LogP contribution is 2.29. The van der Waals surface area contributed by atoms with Crippen LogP contribution in [-0.2, 0) is 4.79 Å². The Balaban J connectivity index is 1.74. The Morgan fingerprint density at radius 1 is 0.923 bits per heavy atom. The van der Waals surface area contributed by atoms with Crippen molar-refractivity contribution in [2.75, 3.05) is 0 Å². The summed E-state index contributed by atoms with van der Waals surface area (Å²) in [5.41, 5.74) is 0. The molecule has 1 amide bonds. The summed E-state index contributed by atoms with van der Waals surface area (Å²) in [5.74, 6) is 0.704. The lowest BCUT2D eigenvalue weighted by Crippen LogP contribution is -2.35. The first-order chi connectivity index (χ1) is 6.36. The zero-order valence-electron chi connectivity index (χ0n) is 8.22. The standard InChI is InChI=1S/C11H19NO/c13-11(9-7-8-9)12-10-5-3-1-2-4-6-10/h9-10H,1-8H2,(H,12,13). The van der Waals surface area contributed by atoms with Crippen LogP contribution in [0.4, 0.5) is 0 Å². The molecule has 1 N–H and O–H groups in total. The number of hydrogen-bond donors (Lipinski definition) is 1. The first-order valence-corrected chi connectivity index (χ1v) is 5.66. The molecule has 0 bridgehead atoms. The molecule has 2 nitrogen and oxygen atoms in total. The molecule has 0 aromatic heterocycles. The van der Waals surface area contributed by atoms with Gasteiger partial charge in [-0.25, -0.2) is 0 Å². The Hall–Kier alpha value is -0.530. The van der Waals surface area contributed by atoms with Crippen molar-refractivity contribution in [3.8, 4) is 0 Å². The smallest absolute Gasteiger partial charge is 0.223 e. The van der Waals surface area contributed by atoms with Gasteiger partial charge >= 0.3 is 0 Å². The van der Waals surface area contributed by atoms with Gasteiger partial charge < -0.3 is 5.32 Å². The van der Waals surface area contributed by atoms with Crippen LogP contribution in [-0.4, -0.2) is 11.9 Å². The van der Waals surface area contributed by atoms with Crippen LogP contribution < -0.4 is 5.32 Å². The van der Waals surface area contributed by atoms with Crippen LogP contribution in [0.2, 0.25) is 0 Å². The average Bonchev–Trinajstić information content (AvgIpc) is 2.92. The van der Waals surface area contributed by atoms with Crippen molar-refractivity contribution in [1.82, 2.24) is 5.32 Å². The van der Waals surface area contributed by atoms with E-state index < -0.39 is 0 Å². The first kappa shape index (κ1) is 9.04. The largest absolute Gasteiger partial charge is 0.353 e. The van der Waals surface area contributed by atoms with Crippen LogP contribution in [0.25, 0.3) is 0 Å². The summed E-state index contributed by atoms with van der Waals surface area (Å²) in [5, 5.41) is 3.18. The van der Waals surface area contributed by atoms with Crippen LogP contribution in [0.1, 0.15) is 51.4 Å². The molecular weight excluding hydrogens is 162 g/mol. The highest BCUT2D eigenvalue weighted by atomic mass is 16.2. The van der Waals surface area contributed by atoms with E-state index in [1.165, 1.54) is 38.5 Å². The first-order valence-electron chi connectivity index (χ1n) is 5.66. The Morgan fingerprint density at radius 2 is 1.54 bits per heavy atom. The van der Waals surface area contributed by atoms with Gasteiger partial charge in [-0.2, -0.15) is 0 Å². The summed E-state index contributed by atoms with van der Waals surface area (Å²) in [6, 6.07) is 0.496. The molecule has 13 heavy (non-hydrogen) atoms. The SMILES string of the molecule is O=C(NC1CCCCCC1)C1CC1. The molecule has 0 heterocycles. The highest BCUT2D eigenvalue weighted by molar-refractivity contribution is 5.81. The van der Waals surface area contributed by atoms with E-state index in [9.17, 15) is 4.79 Å². The molecule has 0 aliphatic heterocycles. The van der Waals surface area contributed by atoms with Crippen LogP contribution in [0.5, 0.6) is 0 Å². The van der Waals surface area contributed by atoms with Gasteiger partial charge in [-0.15, -0.1) is 0 Å². The van der Waals surface area contributed by atoms with E-state index in [0.29, 0.717) is 17.9 Å². The van der Waals surface area contributed by atoms with Crippen molar-refractivity contribution < 1.29 is 4.79 Å². The second kappa shape index (κ2) is 4.12. The van der Waals surface area contributed by atoms with E-state index in [1.807, 2.05) is 0 Å². The van der Waals surface area contributed by atoms with E-state index in [0.717, 1.165) is 12.8 Å². The quantitative estimate of drug-likeness (QED) is 0.650. The lowest BCUT2D eigenvalue weighted by molar-refractivity contribution is -0.123. The van der Waals surface area contributed by atoms with E-state index in [4.69, 9.17) is 0 Å². The van der Waals surface area contributed by atoms with E-state index in [1.54, 1.807) is 0 Å². The monoisotopic (exact) mass is 181 g/mol. The molecule has 0 saturated heterocycles. The van der Waals surface area contributed by atoms with Gasteiger partial charge in [0.25, 0.3) is 0 Å². The fourth-order valence-corrected chi connectivity index (χ4v) is 2.09. The minimum atomic E-state index is 0.326. The summed E-state index contributed by atoms with van der Waals surface area (Å²) in [4.78, 5) is 11.5. The molecule has 2 rings (SSSR count). The Bertz CT molecular complexity index is 179. The van der Waals surface area contributed by atoms with Crippen LogP contribution in [0.3, 0.4) is 0 Å². The van der Waals surface area contributed by atoms with Crippen molar-refractivity contribution >= 4 is 5.91 Å². The molecule has 0 atom stereocenters. The summed E-state index contributed by atoms with van der Waals surface area (Å²) in [6.07, 6.45) is 9.98. The maximum Gasteiger partial charge on any atom is 0.223 e. The highest BCUT2D eigenvalue weighted by Gasteiger charge is 2.30. The minimum absolute atomic E-state index is 0.326. The minimum Gasteiger partial charge on any atom is -0.353 e. The number of hydrogen-bond acceptors (Lipinski definition) is 1. The molecule has 0 unspecified atom stereocenters. The van der Waals surface area contributed by atoms with Gasteiger partial charge in [0.05, 0.1) is 0 Å². The van der Waals surface area contributed by atoms with Gasteiger partial charge in [0.15, 0.2) is 0 Å². The predicted molar refractivity (Wildman–Crippen MR) is 52.4 cm³/mol. The zero-order chi connectivity index (χ0) is 9.10. The summed E-state index contributed by atoms with van der Waals surface area (Å²) < 4.78 is 0. The third kappa shape index (κ3) is 2.71. The van der Waals surface area contributed by atoms with Crippen molar-refractivity contribution in [1.29, 1.82) is 0 Å². The molecule has 0 radical (unpaired) electrons. The van der Waals surface area contributed by atoms with Gasteiger partial charge in [0.1, 0.15) is 0 Å². The van der Waals surface area contributed by atoms with Gasteiger partial charge in [0.2, 0.25) is 5.91 Å². The molecule has 0 aromatic rings. The maximum atomic E-state index is 11.5. The molecule has 2 fully saturated rings. The topological polar surface area (TPSA) is 29.1 Å². The second-order valence-electron chi connectivity index (χ2n) is 4.47. The molecule has 0 aromatic carbocycles. The van der Waals surface area contributed by atoms with Crippen molar-refractivity contribution in [2.24, 2.45) is 5.92 Å². The Labute approximate surface area is 80.1 Å². The normalized spacial score (nSPS) is 25.2. The summed E-state index contributed by atoms with van der Waals surface area (Å²) >= 11 is 0. The van der Waals surface area contributed by atoms with Crippen molar-refractivity contribution in [3.63, 3.8) is 0 Å². The third-order valence-corrected chi connectivity index (χ3v) is 3.15. The number of rotatable bonds is 2. The fourth-order valence-electron chi connectivity index (χ4n) is 2.09. The van der Waals surface area contributed by atoms with Crippen LogP contribution in [0.15, 0.2) is 0 Å². The second-order valence-corrected chi connectivity index (χ2v) is 4.47. The molecule has 74 valence electrons. The van der Waals surface area contributed by atoms with E-state index in [-0.39, 0.29) is 0 Å². The molecule has 2 saturated carbocycles. The van der Waals surface area contributed by atoms with E-state index >= 15 is 0 Å². The number of amides is 1. The lowest BCUT2D eigenvalue weighted by Gasteiger charge is -2.15. The molecule has 0 spiro atoms. The van der Waals surface area contributed by atoms with Crippen molar-refractivity contribution in [2.45, 2.75) is 57.4 Å². The molecule has 2 aliphatic carbocycles. The predicted octanol–water partition coefficient (Wildman–Crippen LogP) is 2.24. The summed E-state index contributed by atoms with van der Waals surface area (Å²) in [7, 11) is 0.